The highest BCUT2D eigenvalue weighted by molar-refractivity contribution is 7.88. The first-order valence-electron chi connectivity index (χ1n) is 10.4. The maximum Gasteiger partial charge on any atom is 0.224 e. The maximum absolute atomic E-state index is 12.9. The van der Waals surface area contributed by atoms with Gasteiger partial charge in [-0.25, -0.2) is 12.7 Å². The molecular weight excluding hydrogens is 475 g/mol. The molecule has 10 heteroatoms. The van der Waals surface area contributed by atoms with Crippen molar-refractivity contribution in [2.75, 3.05) is 26.2 Å². The van der Waals surface area contributed by atoms with Gasteiger partial charge >= 0.3 is 0 Å². The topological polar surface area (TPSA) is 84.9 Å². The summed E-state index contributed by atoms with van der Waals surface area (Å²) in [5, 5.41) is 3.58. The minimum atomic E-state index is -3.59. The van der Waals surface area contributed by atoms with Crippen LogP contribution in [0.2, 0.25) is 10.0 Å². The third-order valence-corrected chi connectivity index (χ3v) is 8.11. The number of para-hydroxylation sites is 2. The third-order valence-electron chi connectivity index (χ3n) is 5.55. The molecule has 1 saturated heterocycles. The monoisotopic (exact) mass is 498 g/mol. The number of piperidine rings is 1. The molecule has 4 rings (SSSR count). The molecular formula is C22H24Cl2N2O5S. The lowest BCUT2D eigenvalue weighted by atomic mass is 9.99. The van der Waals surface area contributed by atoms with Gasteiger partial charge < -0.3 is 14.8 Å². The summed E-state index contributed by atoms with van der Waals surface area (Å²) in [7, 11) is -3.59. The van der Waals surface area contributed by atoms with Crippen molar-refractivity contribution < 1.29 is 22.7 Å². The molecule has 32 heavy (non-hydrogen) atoms. The van der Waals surface area contributed by atoms with Gasteiger partial charge in [-0.15, -0.1) is 0 Å². The summed E-state index contributed by atoms with van der Waals surface area (Å²) in [6, 6.07) is 12.2. The normalized spacial score (nSPS) is 21.2. The fourth-order valence-corrected chi connectivity index (χ4v) is 5.78. The Bertz CT molecular complexity index is 1100. The Morgan fingerprint density at radius 1 is 1.12 bits per heavy atom. The van der Waals surface area contributed by atoms with Crippen molar-refractivity contribution >= 4 is 39.1 Å². The Morgan fingerprint density at radius 2 is 1.91 bits per heavy atom. The highest BCUT2D eigenvalue weighted by Crippen LogP contribution is 2.31. The molecule has 0 aromatic heterocycles. The van der Waals surface area contributed by atoms with Gasteiger partial charge in [-0.2, -0.15) is 0 Å². The molecule has 1 amide bonds. The van der Waals surface area contributed by atoms with Crippen LogP contribution in [0.5, 0.6) is 11.5 Å². The third kappa shape index (κ3) is 5.49. The van der Waals surface area contributed by atoms with Crippen molar-refractivity contribution in [3.63, 3.8) is 0 Å². The number of ether oxygens (including phenoxy) is 2. The van der Waals surface area contributed by atoms with Gasteiger partial charge in [-0.05, 0) is 42.7 Å². The van der Waals surface area contributed by atoms with E-state index in [1.807, 2.05) is 24.3 Å². The molecule has 172 valence electrons. The molecule has 1 fully saturated rings. The van der Waals surface area contributed by atoms with Crippen LogP contribution in [0.25, 0.3) is 0 Å². The lowest BCUT2D eigenvalue weighted by Gasteiger charge is -2.32. The lowest BCUT2D eigenvalue weighted by Crippen LogP contribution is -2.48. The van der Waals surface area contributed by atoms with Crippen molar-refractivity contribution in [1.82, 2.24) is 9.62 Å². The van der Waals surface area contributed by atoms with E-state index >= 15 is 0 Å². The van der Waals surface area contributed by atoms with Gasteiger partial charge in [-0.1, -0.05) is 41.4 Å². The maximum atomic E-state index is 12.9. The van der Waals surface area contributed by atoms with Crippen LogP contribution in [0.1, 0.15) is 18.4 Å². The number of carbonyl (C=O) groups excluding carboxylic acids is 1. The standard InChI is InChI=1S/C22H24Cl2N2O5S/c23-18-8-7-15(10-19(18)24)14-32(28,29)26-9-3-4-16(12-26)22(27)25-11-17-13-30-20-5-1-2-6-21(20)31-17/h1-2,5-8,10,16-17H,3-4,9,11-14H2,(H,25,27)/t16-,17-/m0/s1. The highest BCUT2D eigenvalue weighted by atomic mass is 35.5. The van der Waals surface area contributed by atoms with Crippen LogP contribution in [0.4, 0.5) is 0 Å². The van der Waals surface area contributed by atoms with Crippen LogP contribution < -0.4 is 14.8 Å². The summed E-state index contributed by atoms with van der Waals surface area (Å²) in [6.45, 7) is 1.18. The molecule has 1 N–H and O–H groups in total. The van der Waals surface area contributed by atoms with Gasteiger partial charge in [0, 0.05) is 13.1 Å². The van der Waals surface area contributed by atoms with Crippen molar-refractivity contribution in [1.29, 1.82) is 0 Å². The fourth-order valence-electron chi connectivity index (χ4n) is 3.86. The summed E-state index contributed by atoms with van der Waals surface area (Å²) < 4.78 is 38.8. The Hall–Kier alpha value is -2.00. The van der Waals surface area contributed by atoms with E-state index in [9.17, 15) is 13.2 Å². The summed E-state index contributed by atoms with van der Waals surface area (Å²) in [5.41, 5.74) is 0.556. The van der Waals surface area contributed by atoms with Crippen LogP contribution in [0.3, 0.4) is 0 Å². The van der Waals surface area contributed by atoms with Crippen molar-refractivity contribution in [3.05, 3.63) is 58.1 Å². The Balaban J connectivity index is 1.32. The number of hydrogen-bond donors (Lipinski definition) is 1. The van der Waals surface area contributed by atoms with Gasteiger partial charge in [-0.3, -0.25) is 4.79 Å². The van der Waals surface area contributed by atoms with Crippen LogP contribution in [-0.4, -0.2) is 51.0 Å². The molecule has 0 unspecified atom stereocenters. The van der Waals surface area contributed by atoms with E-state index in [2.05, 4.69) is 5.32 Å². The fraction of sp³-hybridized carbons (Fsp3) is 0.409. The number of carbonyl (C=O) groups is 1. The van der Waals surface area contributed by atoms with Crippen molar-refractivity contribution in [3.8, 4) is 11.5 Å². The van der Waals surface area contributed by atoms with Gasteiger partial charge in [0.15, 0.2) is 11.5 Å². The molecule has 0 radical (unpaired) electrons. The number of rotatable bonds is 6. The summed E-state index contributed by atoms with van der Waals surface area (Å²) in [6.07, 6.45) is 0.955. The van der Waals surface area contributed by atoms with E-state index in [0.717, 1.165) is 0 Å². The number of hydrogen-bond acceptors (Lipinski definition) is 5. The molecule has 2 aromatic carbocycles. The Kier molecular flexibility index (Phi) is 7.14. The quantitative estimate of drug-likeness (QED) is 0.658. The molecule has 2 aromatic rings. The van der Waals surface area contributed by atoms with Crippen LogP contribution in [0.15, 0.2) is 42.5 Å². The molecule has 2 aliphatic heterocycles. The predicted molar refractivity (Wildman–Crippen MR) is 123 cm³/mol. The SMILES string of the molecule is O=C(NC[C@H]1COc2ccccc2O1)[C@H]1CCCN(S(=O)(=O)Cc2ccc(Cl)c(Cl)c2)C1. The number of halogens is 2. The first kappa shape index (κ1) is 23.2. The minimum absolute atomic E-state index is 0.153. The molecule has 2 aliphatic rings. The van der Waals surface area contributed by atoms with E-state index in [-0.39, 0.29) is 24.3 Å². The number of nitrogens with zero attached hydrogens (tertiary/aromatic N) is 1. The average molecular weight is 499 g/mol. The highest BCUT2D eigenvalue weighted by Gasteiger charge is 2.33. The molecule has 0 spiro atoms. The van der Waals surface area contributed by atoms with Gasteiger partial charge in [0.25, 0.3) is 0 Å². The van der Waals surface area contributed by atoms with Crippen LogP contribution in [-0.2, 0) is 20.6 Å². The minimum Gasteiger partial charge on any atom is -0.486 e. The van der Waals surface area contributed by atoms with E-state index in [1.54, 1.807) is 18.2 Å². The van der Waals surface area contributed by atoms with Crippen LogP contribution >= 0.6 is 23.2 Å². The molecule has 0 bridgehead atoms. The number of benzene rings is 2. The zero-order valence-corrected chi connectivity index (χ0v) is 19.6. The first-order chi connectivity index (χ1) is 15.3. The van der Waals surface area contributed by atoms with E-state index in [1.165, 1.54) is 4.31 Å². The van der Waals surface area contributed by atoms with Crippen molar-refractivity contribution in [2.24, 2.45) is 5.92 Å². The summed E-state index contributed by atoms with van der Waals surface area (Å²) in [4.78, 5) is 12.7. The summed E-state index contributed by atoms with van der Waals surface area (Å²) >= 11 is 11.9. The zero-order valence-electron chi connectivity index (χ0n) is 17.3. The second-order valence-corrected chi connectivity index (χ2v) is 10.7. The summed E-state index contributed by atoms with van der Waals surface area (Å²) in [5.74, 6) is 0.552. The van der Waals surface area contributed by atoms with Crippen molar-refractivity contribution in [2.45, 2.75) is 24.7 Å². The largest absolute Gasteiger partial charge is 0.486 e. The average Bonchev–Trinajstić information content (AvgIpc) is 2.79. The lowest BCUT2D eigenvalue weighted by molar-refractivity contribution is -0.126. The number of nitrogens with one attached hydrogen (secondary N) is 1. The van der Waals surface area contributed by atoms with Gasteiger partial charge in [0.1, 0.15) is 12.7 Å². The van der Waals surface area contributed by atoms with E-state index in [4.69, 9.17) is 32.7 Å². The number of amides is 1. The first-order valence-corrected chi connectivity index (χ1v) is 12.8. The van der Waals surface area contributed by atoms with Crippen LogP contribution in [0, 0.1) is 5.92 Å². The molecule has 0 saturated carbocycles. The smallest absolute Gasteiger partial charge is 0.224 e. The number of sulfonamides is 1. The predicted octanol–water partition coefficient (Wildman–Crippen LogP) is 3.49. The Morgan fingerprint density at radius 3 is 2.69 bits per heavy atom. The molecule has 0 aliphatic carbocycles. The zero-order chi connectivity index (χ0) is 22.7. The molecule has 2 heterocycles. The second kappa shape index (κ2) is 9.87. The van der Waals surface area contributed by atoms with E-state index < -0.39 is 15.9 Å². The molecule has 7 nitrogen and oxygen atoms in total. The van der Waals surface area contributed by atoms with E-state index in [0.29, 0.717) is 59.6 Å². The molecule has 2 atom stereocenters. The van der Waals surface area contributed by atoms with Gasteiger partial charge in [0.05, 0.1) is 28.3 Å². The number of fused-ring (bicyclic) bond motifs is 1. The second-order valence-electron chi connectivity index (χ2n) is 7.94. The van der Waals surface area contributed by atoms with Gasteiger partial charge in [0.2, 0.25) is 15.9 Å². The Labute approximate surface area is 197 Å².